The molecule has 4 atom stereocenters. The van der Waals surface area contributed by atoms with Crippen LogP contribution in [0.3, 0.4) is 0 Å². The van der Waals surface area contributed by atoms with Crippen LogP contribution in [-0.4, -0.2) is 64.9 Å². The second-order valence-corrected chi connectivity index (χ2v) is 11.2. The lowest BCUT2D eigenvalue weighted by molar-refractivity contribution is -0.134. The zero-order valence-electron chi connectivity index (χ0n) is 23.0. The number of hydrogen-bond acceptors (Lipinski definition) is 7. The summed E-state index contributed by atoms with van der Waals surface area (Å²) < 4.78 is 21.4. The highest BCUT2D eigenvalue weighted by Gasteiger charge is 2.73. The summed E-state index contributed by atoms with van der Waals surface area (Å²) in [6, 6.07) is 15.2. The average Bonchev–Trinajstić information content (AvgIpc) is 3.42. The number of amides is 1. The van der Waals surface area contributed by atoms with Crippen molar-refractivity contribution in [2.75, 3.05) is 32.7 Å². The number of halogens is 1. The molecule has 0 spiro atoms. The van der Waals surface area contributed by atoms with Crippen LogP contribution in [0.25, 0.3) is 4.85 Å². The van der Waals surface area contributed by atoms with Gasteiger partial charge in [0, 0.05) is 37.7 Å². The molecule has 0 bridgehead atoms. The Labute approximate surface area is 243 Å². The molecule has 42 heavy (non-hydrogen) atoms. The van der Waals surface area contributed by atoms with Gasteiger partial charge < -0.3 is 30.7 Å². The van der Waals surface area contributed by atoms with Gasteiger partial charge in [0.1, 0.15) is 11.6 Å². The first kappa shape index (κ1) is 28.3. The van der Waals surface area contributed by atoms with Crippen molar-refractivity contribution in [3.63, 3.8) is 0 Å². The number of rotatable bonds is 7. The van der Waals surface area contributed by atoms with E-state index in [4.69, 9.17) is 11.3 Å². The average molecular weight is 573 g/mol. The lowest BCUT2D eigenvalue weighted by atomic mass is 9.70. The van der Waals surface area contributed by atoms with E-state index in [2.05, 4.69) is 15.5 Å². The van der Waals surface area contributed by atoms with Crippen LogP contribution in [0.5, 0.6) is 5.75 Å². The lowest BCUT2D eigenvalue weighted by Crippen LogP contribution is -2.58. The molecule has 2 aliphatic heterocycles. The molecule has 9 nitrogen and oxygen atoms in total. The van der Waals surface area contributed by atoms with Crippen molar-refractivity contribution in [3.8, 4) is 5.75 Å². The Bertz CT molecular complexity index is 1540. The van der Waals surface area contributed by atoms with E-state index in [1.165, 1.54) is 12.1 Å². The number of nitrogens with one attached hydrogen (secondary N) is 2. The number of aliphatic hydroxyl groups is 3. The van der Waals surface area contributed by atoms with Crippen molar-refractivity contribution in [2.45, 2.75) is 42.8 Å². The fraction of sp³-hybridized carbons (Fsp3) is 0.375. The van der Waals surface area contributed by atoms with Gasteiger partial charge in [-0.2, -0.15) is 0 Å². The van der Waals surface area contributed by atoms with Crippen molar-refractivity contribution < 1.29 is 29.2 Å². The SMILES string of the molecule is [C-]#[N+]c1ccc([C@@]23Oc4cc(CO)cc(CO)c4[C@]2(O)[C@@H](NC(=O)CN2CCNCC2)C[C@H]3c2cccc(F)c2)cc1. The van der Waals surface area contributed by atoms with Crippen LogP contribution in [0.4, 0.5) is 10.1 Å². The van der Waals surface area contributed by atoms with E-state index in [0.717, 1.165) is 26.2 Å². The van der Waals surface area contributed by atoms with Gasteiger partial charge in [-0.1, -0.05) is 42.5 Å². The maximum atomic E-state index is 14.7. The fourth-order valence-corrected chi connectivity index (χ4v) is 7.08. The first-order chi connectivity index (χ1) is 20.3. The molecule has 1 aliphatic carbocycles. The van der Waals surface area contributed by atoms with Crippen LogP contribution in [0, 0.1) is 12.4 Å². The predicted octanol–water partition coefficient (Wildman–Crippen LogP) is 2.41. The minimum Gasteiger partial charge on any atom is -0.478 e. The number of nitrogens with zero attached hydrogens (tertiary/aromatic N) is 2. The van der Waals surface area contributed by atoms with Crippen LogP contribution >= 0.6 is 0 Å². The number of carbonyl (C=O) groups is 1. The Kier molecular flexibility index (Phi) is 7.47. The lowest BCUT2D eigenvalue weighted by Gasteiger charge is -2.42. The Hall–Kier alpha value is -3.85. The summed E-state index contributed by atoms with van der Waals surface area (Å²) >= 11 is 0. The topological polar surface area (TPSA) is 119 Å². The fourth-order valence-electron chi connectivity index (χ4n) is 7.08. The summed E-state index contributed by atoms with van der Waals surface area (Å²) in [5.74, 6) is -1.09. The van der Waals surface area contributed by atoms with Gasteiger partial charge in [-0.25, -0.2) is 9.24 Å². The highest BCUT2D eigenvalue weighted by atomic mass is 19.1. The van der Waals surface area contributed by atoms with E-state index >= 15 is 0 Å². The molecule has 1 saturated carbocycles. The summed E-state index contributed by atoms with van der Waals surface area (Å²) in [4.78, 5) is 19.0. The summed E-state index contributed by atoms with van der Waals surface area (Å²) in [6.07, 6.45) is 0.212. The molecule has 3 aromatic carbocycles. The molecule has 5 N–H and O–H groups in total. The summed E-state index contributed by atoms with van der Waals surface area (Å²) in [5, 5.41) is 39.9. The van der Waals surface area contributed by atoms with Gasteiger partial charge in [-0.3, -0.25) is 9.69 Å². The van der Waals surface area contributed by atoms with Crippen molar-refractivity contribution in [2.24, 2.45) is 0 Å². The van der Waals surface area contributed by atoms with Crippen LogP contribution in [-0.2, 0) is 29.2 Å². The third-order valence-electron chi connectivity index (χ3n) is 8.87. The molecule has 2 fully saturated rings. The minimum absolute atomic E-state index is 0.148. The largest absolute Gasteiger partial charge is 0.478 e. The quantitative estimate of drug-likeness (QED) is 0.276. The molecular formula is C32H33FN4O5. The van der Waals surface area contributed by atoms with E-state index in [1.54, 1.807) is 48.5 Å². The molecule has 0 radical (unpaired) electrons. The first-order valence-electron chi connectivity index (χ1n) is 14.1. The molecule has 3 aliphatic rings. The molecule has 1 amide bonds. The summed E-state index contributed by atoms with van der Waals surface area (Å²) in [7, 11) is 0. The standard InChI is InChI=1S/C32H33FN4O5/c1-34-25-7-5-23(6-8-25)32-26(21-3-2-4-24(33)15-21)16-28(36-29(40)17-37-11-9-35-10-12-37)31(32,41)30-22(19-39)13-20(18-38)14-27(30)42-32/h2-8,13-15,26,28,35,38-39,41H,9-12,16-19H2,(H,36,40)/t26-,28-,31+,32-/m0/s1. The van der Waals surface area contributed by atoms with Crippen molar-refractivity contribution >= 4 is 11.6 Å². The van der Waals surface area contributed by atoms with Crippen molar-refractivity contribution in [1.29, 1.82) is 0 Å². The molecule has 1 saturated heterocycles. The Balaban J connectivity index is 1.54. The third kappa shape index (κ3) is 4.45. The number of benzene rings is 3. The number of piperazine rings is 1. The predicted molar refractivity (Wildman–Crippen MR) is 152 cm³/mol. The van der Waals surface area contributed by atoms with E-state index in [1.807, 2.05) is 4.90 Å². The molecular weight excluding hydrogens is 539 g/mol. The molecule has 218 valence electrons. The molecule has 0 aromatic heterocycles. The van der Waals surface area contributed by atoms with Crippen LogP contribution in [0.2, 0.25) is 0 Å². The van der Waals surface area contributed by atoms with Gasteiger partial charge in [0.2, 0.25) is 5.91 Å². The Morgan fingerprint density at radius 2 is 1.88 bits per heavy atom. The maximum absolute atomic E-state index is 14.7. The number of ether oxygens (including phenoxy) is 1. The second kappa shape index (κ2) is 11.1. The molecule has 0 unspecified atom stereocenters. The highest BCUT2D eigenvalue weighted by molar-refractivity contribution is 5.79. The Morgan fingerprint density at radius 3 is 2.55 bits per heavy atom. The van der Waals surface area contributed by atoms with Crippen LogP contribution < -0.4 is 15.4 Å². The highest BCUT2D eigenvalue weighted by Crippen LogP contribution is 2.67. The summed E-state index contributed by atoms with van der Waals surface area (Å²) in [6.45, 7) is 9.80. The molecule has 2 heterocycles. The van der Waals surface area contributed by atoms with Crippen molar-refractivity contribution in [3.05, 3.63) is 106 Å². The molecule has 6 rings (SSSR count). The van der Waals surface area contributed by atoms with Gasteiger partial charge in [0.05, 0.1) is 32.4 Å². The van der Waals surface area contributed by atoms with E-state index in [0.29, 0.717) is 33.5 Å². The van der Waals surface area contributed by atoms with Gasteiger partial charge in [-0.05, 0) is 46.9 Å². The van der Waals surface area contributed by atoms with Gasteiger partial charge in [-0.15, -0.1) is 0 Å². The normalized spacial score (nSPS) is 26.6. The van der Waals surface area contributed by atoms with E-state index in [9.17, 15) is 24.5 Å². The van der Waals surface area contributed by atoms with Gasteiger partial charge >= 0.3 is 0 Å². The zero-order chi connectivity index (χ0) is 29.5. The van der Waals surface area contributed by atoms with Crippen LogP contribution in [0.15, 0.2) is 60.7 Å². The van der Waals surface area contributed by atoms with Crippen LogP contribution in [0.1, 0.15) is 40.2 Å². The first-order valence-corrected chi connectivity index (χ1v) is 14.1. The summed E-state index contributed by atoms with van der Waals surface area (Å²) in [5.41, 5.74) is -0.782. The monoisotopic (exact) mass is 572 g/mol. The number of carbonyl (C=O) groups excluding carboxylic acids is 1. The second-order valence-electron chi connectivity index (χ2n) is 11.2. The maximum Gasteiger partial charge on any atom is 0.234 e. The number of aliphatic hydroxyl groups excluding tert-OH is 2. The smallest absolute Gasteiger partial charge is 0.234 e. The Morgan fingerprint density at radius 1 is 1.12 bits per heavy atom. The van der Waals surface area contributed by atoms with Crippen molar-refractivity contribution in [1.82, 2.24) is 15.5 Å². The zero-order valence-corrected chi connectivity index (χ0v) is 23.0. The van der Waals surface area contributed by atoms with E-state index < -0.39 is 35.6 Å². The molecule has 3 aromatic rings. The van der Waals surface area contributed by atoms with Gasteiger partial charge in [0.15, 0.2) is 16.9 Å². The third-order valence-corrected chi connectivity index (χ3v) is 8.87. The molecule has 10 heteroatoms. The van der Waals surface area contributed by atoms with Gasteiger partial charge in [0.25, 0.3) is 0 Å². The number of hydrogen-bond donors (Lipinski definition) is 5. The number of fused-ring (bicyclic) bond motifs is 3. The van der Waals surface area contributed by atoms with E-state index in [-0.39, 0.29) is 31.2 Å². The minimum atomic E-state index is -1.90.